The molecular weight excluding hydrogens is 354 g/mol. The second-order valence-corrected chi connectivity index (χ2v) is 8.99. The molecule has 1 aromatic rings. The summed E-state index contributed by atoms with van der Waals surface area (Å²) >= 11 is 0. The van der Waals surface area contributed by atoms with Gasteiger partial charge in [0.2, 0.25) is 15.9 Å². The third kappa shape index (κ3) is 4.02. The van der Waals surface area contributed by atoms with E-state index in [4.69, 9.17) is 10.5 Å². The molecule has 144 valence electrons. The molecule has 1 aliphatic carbocycles. The summed E-state index contributed by atoms with van der Waals surface area (Å²) in [7, 11) is -2.14. The fraction of sp³-hybridized carbons (Fsp3) is 0.611. The number of rotatable bonds is 6. The average molecular weight is 381 g/mol. The van der Waals surface area contributed by atoms with Crippen molar-refractivity contribution in [2.45, 2.75) is 49.5 Å². The first-order valence-electron chi connectivity index (χ1n) is 9.15. The average Bonchev–Trinajstić information content (AvgIpc) is 3.27. The van der Waals surface area contributed by atoms with E-state index in [1.165, 1.54) is 17.5 Å². The molecule has 2 atom stereocenters. The number of methoxy groups -OCH3 is 1. The molecule has 26 heavy (non-hydrogen) atoms. The first-order chi connectivity index (χ1) is 12.4. The third-order valence-electron chi connectivity index (χ3n) is 5.30. The van der Waals surface area contributed by atoms with Crippen LogP contribution in [0, 0.1) is 5.92 Å². The Morgan fingerprint density at radius 1 is 1.27 bits per heavy atom. The molecule has 7 nitrogen and oxygen atoms in total. The lowest BCUT2D eigenvalue weighted by Crippen LogP contribution is -2.28. The minimum atomic E-state index is -3.57. The zero-order valence-electron chi connectivity index (χ0n) is 15.1. The topological polar surface area (TPSA) is 102 Å². The van der Waals surface area contributed by atoms with Gasteiger partial charge < -0.3 is 15.8 Å². The summed E-state index contributed by atoms with van der Waals surface area (Å²) in [4.78, 5) is 12.4. The van der Waals surface area contributed by atoms with Crippen LogP contribution in [0.3, 0.4) is 0 Å². The van der Waals surface area contributed by atoms with Crippen LogP contribution in [0.5, 0.6) is 5.75 Å². The number of anilines is 1. The summed E-state index contributed by atoms with van der Waals surface area (Å²) in [5.74, 6) is 0.350. The maximum absolute atomic E-state index is 12.8. The van der Waals surface area contributed by atoms with E-state index in [1.54, 1.807) is 12.1 Å². The fourth-order valence-corrected chi connectivity index (χ4v) is 5.45. The third-order valence-corrected chi connectivity index (χ3v) is 7.23. The second-order valence-electron chi connectivity index (χ2n) is 7.08. The van der Waals surface area contributed by atoms with E-state index in [-0.39, 0.29) is 28.5 Å². The summed E-state index contributed by atoms with van der Waals surface area (Å²) in [6.07, 6.45) is 5.14. The quantitative estimate of drug-likeness (QED) is 0.784. The Morgan fingerprint density at radius 3 is 2.62 bits per heavy atom. The smallest absolute Gasteiger partial charge is 0.246 e. The number of nitrogens with two attached hydrogens (primary N) is 1. The fourth-order valence-electron chi connectivity index (χ4n) is 3.80. The van der Waals surface area contributed by atoms with Crippen molar-refractivity contribution in [1.29, 1.82) is 0 Å². The van der Waals surface area contributed by atoms with Gasteiger partial charge in [-0.05, 0) is 43.7 Å². The largest absolute Gasteiger partial charge is 0.495 e. The van der Waals surface area contributed by atoms with Crippen LogP contribution in [-0.4, -0.2) is 44.9 Å². The molecule has 8 heteroatoms. The van der Waals surface area contributed by atoms with Crippen LogP contribution < -0.4 is 15.8 Å². The van der Waals surface area contributed by atoms with Crippen LogP contribution >= 0.6 is 0 Å². The van der Waals surface area contributed by atoms with Crippen LogP contribution in [0.2, 0.25) is 0 Å². The van der Waals surface area contributed by atoms with E-state index in [2.05, 4.69) is 5.32 Å². The number of carbonyl (C=O) groups is 1. The molecule has 0 bridgehead atoms. The normalized spacial score (nSPS) is 23.9. The Kier molecular flexibility index (Phi) is 5.84. The first-order valence-corrected chi connectivity index (χ1v) is 10.6. The van der Waals surface area contributed by atoms with Crippen molar-refractivity contribution in [2.24, 2.45) is 11.7 Å². The van der Waals surface area contributed by atoms with Gasteiger partial charge in [0.05, 0.1) is 7.11 Å². The van der Waals surface area contributed by atoms with E-state index < -0.39 is 10.0 Å². The Hall–Kier alpha value is -1.64. The van der Waals surface area contributed by atoms with E-state index in [1.807, 2.05) is 0 Å². The Labute approximate surface area is 154 Å². The predicted octanol–water partition coefficient (Wildman–Crippen LogP) is 1.94. The molecular formula is C18H27N3O4S. The number of benzene rings is 1. The van der Waals surface area contributed by atoms with Crippen molar-refractivity contribution in [1.82, 2.24) is 4.31 Å². The number of sulfonamides is 1. The molecule has 1 saturated heterocycles. The molecule has 0 radical (unpaired) electrons. The highest BCUT2D eigenvalue weighted by Gasteiger charge is 2.30. The van der Waals surface area contributed by atoms with Gasteiger partial charge in [0.1, 0.15) is 10.6 Å². The lowest BCUT2D eigenvalue weighted by Gasteiger charge is -2.19. The van der Waals surface area contributed by atoms with Crippen molar-refractivity contribution >= 4 is 21.6 Å². The van der Waals surface area contributed by atoms with E-state index in [9.17, 15) is 13.2 Å². The van der Waals surface area contributed by atoms with Crippen molar-refractivity contribution < 1.29 is 17.9 Å². The van der Waals surface area contributed by atoms with Crippen LogP contribution in [0.1, 0.15) is 38.5 Å². The first kappa shape index (κ1) is 19.1. The molecule has 0 spiro atoms. The SMILES string of the molecule is COc1cc(NC(=O)C[C@@H]2CCC[C@H]2N)ccc1S(=O)(=O)N1CCCC1. The van der Waals surface area contributed by atoms with E-state index in [0.29, 0.717) is 25.2 Å². The maximum atomic E-state index is 12.8. The van der Waals surface area contributed by atoms with Gasteiger partial charge in [-0.15, -0.1) is 0 Å². The van der Waals surface area contributed by atoms with Crippen molar-refractivity contribution in [3.05, 3.63) is 18.2 Å². The van der Waals surface area contributed by atoms with Crippen molar-refractivity contribution in [3.8, 4) is 5.75 Å². The van der Waals surface area contributed by atoms with Gasteiger partial charge in [-0.3, -0.25) is 4.79 Å². The minimum Gasteiger partial charge on any atom is -0.495 e. The summed E-state index contributed by atoms with van der Waals surface area (Å²) in [6, 6.07) is 4.76. The summed E-state index contributed by atoms with van der Waals surface area (Å²) < 4.78 is 32.3. The van der Waals surface area contributed by atoms with E-state index in [0.717, 1.165) is 32.1 Å². The van der Waals surface area contributed by atoms with Crippen LogP contribution in [0.4, 0.5) is 5.69 Å². The number of hydrogen-bond donors (Lipinski definition) is 2. The molecule has 1 heterocycles. The van der Waals surface area contributed by atoms with Gasteiger partial charge in [0.15, 0.2) is 0 Å². The van der Waals surface area contributed by atoms with Crippen LogP contribution in [0.25, 0.3) is 0 Å². The molecule has 3 rings (SSSR count). The Balaban J connectivity index is 1.73. The number of ether oxygens (including phenoxy) is 1. The van der Waals surface area contributed by atoms with Gasteiger partial charge in [0, 0.05) is 37.3 Å². The van der Waals surface area contributed by atoms with Gasteiger partial charge in [0.25, 0.3) is 0 Å². The molecule has 3 N–H and O–H groups in total. The number of hydrogen-bond acceptors (Lipinski definition) is 5. The number of carbonyl (C=O) groups excluding carboxylic acids is 1. The van der Waals surface area contributed by atoms with Gasteiger partial charge >= 0.3 is 0 Å². The molecule has 2 fully saturated rings. The van der Waals surface area contributed by atoms with Crippen LogP contribution in [0.15, 0.2) is 23.1 Å². The predicted molar refractivity (Wildman–Crippen MR) is 99.5 cm³/mol. The highest BCUT2D eigenvalue weighted by atomic mass is 32.2. The second kappa shape index (κ2) is 7.94. The zero-order chi connectivity index (χ0) is 18.7. The zero-order valence-corrected chi connectivity index (χ0v) is 15.9. The molecule has 2 aliphatic rings. The standard InChI is InChI=1S/C18H27N3O4S/c1-25-16-12-14(20-18(22)11-13-5-4-6-15(13)19)7-8-17(16)26(23,24)21-9-2-3-10-21/h7-8,12-13,15H,2-6,9-11,19H2,1H3,(H,20,22)/t13-,15+/m0/s1. The molecule has 1 amide bonds. The van der Waals surface area contributed by atoms with Gasteiger partial charge in [-0.2, -0.15) is 4.31 Å². The van der Waals surface area contributed by atoms with Crippen LogP contribution in [-0.2, 0) is 14.8 Å². The highest BCUT2D eigenvalue weighted by Crippen LogP contribution is 2.32. The minimum absolute atomic E-state index is 0.0864. The molecule has 0 unspecified atom stereocenters. The molecule has 1 aromatic carbocycles. The summed E-state index contributed by atoms with van der Waals surface area (Å²) in [5.41, 5.74) is 6.55. The van der Waals surface area contributed by atoms with Gasteiger partial charge in [-0.1, -0.05) is 6.42 Å². The number of amides is 1. The number of nitrogens with one attached hydrogen (secondary N) is 1. The summed E-state index contributed by atoms with van der Waals surface area (Å²) in [5, 5.41) is 2.83. The lowest BCUT2D eigenvalue weighted by molar-refractivity contribution is -0.117. The molecule has 1 saturated carbocycles. The van der Waals surface area contributed by atoms with E-state index >= 15 is 0 Å². The lowest BCUT2D eigenvalue weighted by atomic mass is 10.00. The number of nitrogens with zero attached hydrogens (tertiary/aromatic N) is 1. The van der Waals surface area contributed by atoms with Gasteiger partial charge in [-0.25, -0.2) is 8.42 Å². The Bertz CT molecular complexity index is 760. The molecule has 0 aromatic heterocycles. The highest BCUT2D eigenvalue weighted by molar-refractivity contribution is 7.89. The molecule has 1 aliphatic heterocycles. The Morgan fingerprint density at radius 2 is 2.00 bits per heavy atom. The van der Waals surface area contributed by atoms with Crippen molar-refractivity contribution in [2.75, 3.05) is 25.5 Å². The monoisotopic (exact) mass is 381 g/mol. The maximum Gasteiger partial charge on any atom is 0.246 e. The summed E-state index contributed by atoms with van der Waals surface area (Å²) in [6.45, 7) is 1.07. The van der Waals surface area contributed by atoms with Crippen molar-refractivity contribution in [3.63, 3.8) is 0 Å².